The van der Waals surface area contributed by atoms with Gasteiger partial charge in [0.2, 0.25) is 0 Å². The van der Waals surface area contributed by atoms with Crippen molar-refractivity contribution < 1.29 is 4.39 Å². The van der Waals surface area contributed by atoms with Gasteiger partial charge < -0.3 is 4.90 Å². The Kier molecular flexibility index (Phi) is 4.60. The third kappa shape index (κ3) is 3.30. The summed E-state index contributed by atoms with van der Waals surface area (Å²) < 4.78 is 13.6. The number of halogens is 1. The van der Waals surface area contributed by atoms with E-state index in [1.807, 2.05) is 6.07 Å². The first kappa shape index (κ1) is 17.0. The normalized spacial score (nSPS) is 19.4. The van der Waals surface area contributed by atoms with E-state index in [1.54, 1.807) is 12.1 Å². The molecule has 2 heteroatoms. The molecule has 1 aliphatic carbocycles. The summed E-state index contributed by atoms with van der Waals surface area (Å²) in [5.41, 5.74) is 6.19. The van der Waals surface area contributed by atoms with Crippen LogP contribution < -0.4 is 0 Å². The Morgan fingerprint density at radius 3 is 2.35 bits per heavy atom. The topological polar surface area (TPSA) is 3.24 Å². The summed E-state index contributed by atoms with van der Waals surface area (Å²) in [5, 5.41) is 0. The lowest BCUT2D eigenvalue weighted by Gasteiger charge is -2.35. The minimum atomic E-state index is -0.191. The molecule has 0 radical (unpaired) electrons. The minimum Gasteiger partial charge on any atom is -0.306 e. The molecule has 1 aliphatic rings. The van der Waals surface area contributed by atoms with Crippen molar-refractivity contribution in [3.05, 3.63) is 95.3 Å². The van der Waals surface area contributed by atoms with Gasteiger partial charge in [-0.2, -0.15) is 0 Å². The maximum absolute atomic E-state index is 13.6. The van der Waals surface area contributed by atoms with Crippen LogP contribution in [-0.4, -0.2) is 25.0 Å². The van der Waals surface area contributed by atoms with Gasteiger partial charge in [0.1, 0.15) is 5.82 Å². The van der Waals surface area contributed by atoms with Crippen molar-refractivity contribution in [2.75, 3.05) is 14.1 Å². The maximum atomic E-state index is 13.6. The molecule has 0 unspecified atom stereocenters. The van der Waals surface area contributed by atoms with E-state index in [0.717, 1.165) is 24.0 Å². The highest BCUT2D eigenvalue weighted by Crippen LogP contribution is 2.39. The lowest BCUT2D eigenvalue weighted by atomic mass is 9.76. The van der Waals surface area contributed by atoms with E-state index < -0.39 is 0 Å². The fourth-order valence-corrected chi connectivity index (χ4v) is 4.11. The zero-order chi connectivity index (χ0) is 18.1. The van der Waals surface area contributed by atoms with Crippen molar-refractivity contribution in [2.45, 2.75) is 24.8 Å². The highest BCUT2D eigenvalue weighted by Gasteiger charge is 2.29. The van der Waals surface area contributed by atoms with Crippen LogP contribution in [0.4, 0.5) is 4.39 Å². The summed E-state index contributed by atoms with van der Waals surface area (Å²) in [7, 11) is 4.33. The summed E-state index contributed by atoms with van der Waals surface area (Å²) in [6.07, 6.45) is 2.21. The van der Waals surface area contributed by atoms with E-state index in [2.05, 4.69) is 67.5 Å². The Morgan fingerprint density at radius 1 is 0.846 bits per heavy atom. The molecule has 0 aromatic heterocycles. The van der Waals surface area contributed by atoms with Crippen molar-refractivity contribution in [2.24, 2.45) is 0 Å². The van der Waals surface area contributed by atoms with Crippen LogP contribution in [0.5, 0.6) is 0 Å². The molecule has 0 bridgehead atoms. The zero-order valence-corrected chi connectivity index (χ0v) is 15.3. The van der Waals surface area contributed by atoms with Crippen LogP contribution in [0.15, 0.2) is 72.8 Å². The first-order chi connectivity index (χ1) is 12.6. The molecule has 132 valence electrons. The van der Waals surface area contributed by atoms with Crippen molar-refractivity contribution >= 4 is 0 Å². The van der Waals surface area contributed by atoms with Gasteiger partial charge in [-0.15, -0.1) is 0 Å². The van der Waals surface area contributed by atoms with Crippen LogP contribution in [0.3, 0.4) is 0 Å². The molecule has 26 heavy (non-hydrogen) atoms. The number of likely N-dealkylation sites (N-methyl/N-ethyl adjacent to an activating group) is 1. The summed E-state index contributed by atoms with van der Waals surface area (Å²) in [6.45, 7) is 0. The Bertz CT molecular complexity index is 915. The van der Waals surface area contributed by atoms with E-state index in [0.29, 0.717) is 12.0 Å². The third-order valence-electron chi connectivity index (χ3n) is 5.57. The largest absolute Gasteiger partial charge is 0.306 e. The molecule has 3 aromatic carbocycles. The highest BCUT2D eigenvalue weighted by molar-refractivity contribution is 5.64. The van der Waals surface area contributed by atoms with Crippen molar-refractivity contribution in [1.82, 2.24) is 4.90 Å². The van der Waals surface area contributed by atoms with Crippen molar-refractivity contribution in [3.8, 4) is 11.1 Å². The number of rotatable bonds is 3. The fraction of sp³-hybridized carbons (Fsp3) is 0.250. The van der Waals surface area contributed by atoms with Crippen LogP contribution in [0, 0.1) is 5.82 Å². The van der Waals surface area contributed by atoms with Gasteiger partial charge in [0.15, 0.2) is 0 Å². The lowest BCUT2D eigenvalue weighted by Crippen LogP contribution is -2.35. The average Bonchev–Trinajstić information content (AvgIpc) is 2.67. The molecule has 1 nitrogen and oxygen atoms in total. The molecule has 0 N–H and O–H groups in total. The minimum absolute atomic E-state index is 0.191. The van der Waals surface area contributed by atoms with E-state index in [-0.39, 0.29) is 5.82 Å². The molecular weight excluding hydrogens is 321 g/mol. The summed E-state index contributed by atoms with van der Waals surface area (Å²) in [4.78, 5) is 2.33. The van der Waals surface area contributed by atoms with Gasteiger partial charge in [-0.3, -0.25) is 0 Å². The first-order valence-corrected chi connectivity index (χ1v) is 9.22. The number of benzene rings is 3. The van der Waals surface area contributed by atoms with Gasteiger partial charge in [-0.1, -0.05) is 60.7 Å². The molecular formula is C24H24FN. The number of fused-ring (bicyclic) bond motifs is 1. The van der Waals surface area contributed by atoms with Crippen LogP contribution in [0.1, 0.15) is 29.0 Å². The predicted octanol–water partition coefficient (Wildman–Crippen LogP) is 5.50. The number of hydrogen-bond acceptors (Lipinski definition) is 1. The second-order valence-corrected chi connectivity index (χ2v) is 7.44. The van der Waals surface area contributed by atoms with Crippen LogP contribution >= 0.6 is 0 Å². The molecule has 0 fully saturated rings. The van der Waals surface area contributed by atoms with Gasteiger partial charge in [-0.25, -0.2) is 4.39 Å². The summed E-state index contributed by atoms with van der Waals surface area (Å²) >= 11 is 0. The van der Waals surface area contributed by atoms with Gasteiger partial charge >= 0.3 is 0 Å². The van der Waals surface area contributed by atoms with Gasteiger partial charge in [0.25, 0.3) is 0 Å². The van der Waals surface area contributed by atoms with E-state index in [1.165, 1.54) is 22.8 Å². The Balaban J connectivity index is 1.76. The molecule has 0 amide bonds. The fourth-order valence-electron chi connectivity index (χ4n) is 4.11. The highest BCUT2D eigenvalue weighted by atomic mass is 19.1. The average molecular weight is 345 g/mol. The van der Waals surface area contributed by atoms with E-state index in [9.17, 15) is 4.39 Å². The molecule has 0 heterocycles. The maximum Gasteiger partial charge on any atom is 0.123 e. The van der Waals surface area contributed by atoms with Crippen LogP contribution in [0.25, 0.3) is 11.1 Å². The first-order valence-electron chi connectivity index (χ1n) is 9.22. The number of nitrogens with zero attached hydrogens (tertiary/aromatic N) is 1. The van der Waals surface area contributed by atoms with Gasteiger partial charge in [-0.05, 0) is 66.9 Å². The van der Waals surface area contributed by atoms with Crippen molar-refractivity contribution in [1.29, 1.82) is 0 Å². The molecule has 0 saturated heterocycles. The molecule has 3 aromatic rings. The standard InChI is InChI=1S/C24H24FN/c1-26(2)22-15-20-7-3-4-12-23(20)24(16-22)19-10-5-8-17(13-19)18-9-6-11-21(25)14-18/h3-14,22,24H,15-16H2,1-2H3/t22-,24+/m1/s1. The molecule has 0 saturated carbocycles. The van der Waals surface area contributed by atoms with E-state index in [4.69, 9.17) is 0 Å². The zero-order valence-electron chi connectivity index (χ0n) is 15.3. The molecule has 2 atom stereocenters. The Hall–Kier alpha value is -2.45. The van der Waals surface area contributed by atoms with Gasteiger partial charge in [0, 0.05) is 12.0 Å². The second-order valence-electron chi connectivity index (χ2n) is 7.44. The predicted molar refractivity (Wildman–Crippen MR) is 106 cm³/mol. The van der Waals surface area contributed by atoms with Crippen LogP contribution in [0.2, 0.25) is 0 Å². The van der Waals surface area contributed by atoms with Crippen molar-refractivity contribution in [3.63, 3.8) is 0 Å². The molecule has 0 spiro atoms. The van der Waals surface area contributed by atoms with Crippen LogP contribution in [-0.2, 0) is 6.42 Å². The second kappa shape index (κ2) is 7.05. The monoisotopic (exact) mass is 345 g/mol. The Morgan fingerprint density at radius 2 is 1.58 bits per heavy atom. The molecule has 4 rings (SSSR count). The van der Waals surface area contributed by atoms with E-state index >= 15 is 0 Å². The number of hydrogen-bond donors (Lipinski definition) is 0. The summed E-state index contributed by atoms with van der Waals surface area (Å²) in [6, 6.07) is 24.8. The SMILES string of the molecule is CN(C)[C@@H]1Cc2ccccc2[C@H](c2cccc(-c3cccc(F)c3)c2)C1. The lowest BCUT2D eigenvalue weighted by molar-refractivity contribution is 0.258. The third-order valence-corrected chi connectivity index (χ3v) is 5.57. The Labute approximate surface area is 155 Å². The quantitative estimate of drug-likeness (QED) is 0.606. The summed E-state index contributed by atoms with van der Waals surface area (Å²) in [5.74, 6) is 0.185. The van der Waals surface area contributed by atoms with Gasteiger partial charge in [0.05, 0.1) is 0 Å². The smallest absolute Gasteiger partial charge is 0.123 e. The molecule has 0 aliphatic heterocycles.